The average molecular weight is 441 g/mol. The number of amides is 1. The average Bonchev–Trinajstić information content (AvgIpc) is 3.23. The van der Waals surface area contributed by atoms with Gasteiger partial charge in [-0.25, -0.2) is 0 Å². The lowest BCUT2D eigenvalue weighted by Gasteiger charge is -2.33. The van der Waals surface area contributed by atoms with Crippen molar-refractivity contribution >= 4 is 5.91 Å². The van der Waals surface area contributed by atoms with Gasteiger partial charge in [-0.2, -0.15) is 5.10 Å². The van der Waals surface area contributed by atoms with Crippen molar-refractivity contribution in [3.8, 4) is 0 Å². The number of ether oxygens (including phenoxy) is 2. The topological polar surface area (TPSA) is 111 Å². The normalized spacial score (nSPS) is 25.5. The van der Waals surface area contributed by atoms with Crippen LogP contribution in [-0.4, -0.2) is 100 Å². The fourth-order valence-corrected chi connectivity index (χ4v) is 3.54. The number of aliphatic hydroxyl groups is 2. The smallest absolute Gasteiger partial charge is 0.219 e. The number of aromatic nitrogens is 2. The molecule has 0 radical (unpaired) electrons. The van der Waals surface area contributed by atoms with Crippen LogP contribution >= 0.6 is 0 Å². The molecule has 31 heavy (non-hydrogen) atoms. The van der Waals surface area contributed by atoms with Crippen LogP contribution in [0.15, 0.2) is 12.3 Å². The van der Waals surface area contributed by atoms with Gasteiger partial charge >= 0.3 is 0 Å². The summed E-state index contributed by atoms with van der Waals surface area (Å²) < 4.78 is 11.5. The van der Waals surface area contributed by atoms with E-state index in [1.54, 1.807) is 11.1 Å². The summed E-state index contributed by atoms with van der Waals surface area (Å²) in [5, 5.41) is 28.1. The summed E-state index contributed by atoms with van der Waals surface area (Å²) >= 11 is 0. The van der Waals surface area contributed by atoms with E-state index in [0.717, 1.165) is 38.0 Å². The molecule has 178 valence electrons. The van der Waals surface area contributed by atoms with E-state index >= 15 is 0 Å². The molecule has 1 aliphatic heterocycles. The zero-order valence-corrected chi connectivity index (χ0v) is 19.2. The standard InChI is InChI=1S/C22H40N4O5/c1-17(2)7-13-31-21-15-26(18(3)27)11-10-25(14-19-6-8-23-24-19)9-4-5-12-30-16-20(28)22(21)29/h6,8,17,20-22,28-29H,4-5,7,9-16H2,1-3H3,(H,23,24)/t20-,21-,22-/m1/s1. The predicted octanol–water partition coefficient (Wildman–Crippen LogP) is 1.02. The largest absolute Gasteiger partial charge is 0.388 e. The molecule has 3 atom stereocenters. The number of carbonyl (C=O) groups excluding carboxylic acids is 1. The summed E-state index contributed by atoms with van der Waals surface area (Å²) in [6.45, 7) is 9.80. The number of nitrogens with zero attached hydrogens (tertiary/aromatic N) is 3. The summed E-state index contributed by atoms with van der Waals surface area (Å²) in [5.74, 6) is 0.382. The monoisotopic (exact) mass is 440 g/mol. The summed E-state index contributed by atoms with van der Waals surface area (Å²) in [7, 11) is 0. The highest BCUT2D eigenvalue weighted by molar-refractivity contribution is 5.73. The number of H-pyrrole nitrogens is 1. The summed E-state index contributed by atoms with van der Waals surface area (Å²) in [5.41, 5.74) is 1.03. The summed E-state index contributed by atoms with van der Waals surface area (Å²) in [6.07, 6.45) is 1.51. The molecular weight excluding hydrogens is 400 g/mol. The van der Waals surface area contributed by atoms with Gasteiger partial charge in [0.1, 0.15) is 18.3 Å². The van der Waals surface area contributed by atoms with Crippen molar-refractivity contribution in [1.82, 2.24) is 20.0 Å². The van der Waals surface area contributed by atoms with Gasteiger partial charge in [0.15, 0.2) is 0 Å². The molecule has 1 amide bonds. The van der Waals surface area contributed by atoms with E-state index in [2.05, 4.69) is 28.9 Å². The van der Waals surface area contributed by atoms with Crippen LogP contribution in [0.2, 0.25) is 0 Å². The van der Waals surface area contributed by atoms with Crippen LogP contribution in [-0.2, 0) is 20.8 Å². The maximum absolute atomic E-state index is 12.3. The number of aromatic amines is 1. The highest BCUT2D eigenvalue weighted by atomic mass is 16.5. The number of aliphatic hydroxyl groups excluding tert-OH is 2. The molecule has 1 saturated heterocycles. The molecule has 0 saturated carbocycles. The second kappa shape index (κ2) is 13.8. The van der Waals surface area contributed by atoms with Gasteiger partial charge in [0.25, 0.3) is 0 Å². The van der Waals surface area contributed by atoms with Crippen LogP contribution in [0.4, 0.5) is 0 Å². The molecule has 9 heteroatoms. The maximum Gasteiger partial charge on any atom is 0.219 e. The van der Waals surface area contributed by atoms with Gasteiger partial charge in [0, 0.05) is 58.2 Å². The second-order valence-electron chi connectivity index (χ2n) is 8.75. The van der Waals surface area contributed by atoms with E-state index in [0.29, 0.717) is 32.2 Å². The highest BCUT2D eigenvalue weighted by Gasteiger charge is 2.30. The Morgan fingerprint density at radius 3 is 2.81 bits per heavy atom. The molecule has 9 nitrogen and oxygen atoms in total. The molecule has 2 heterocycles. The van der Waals surface area contributed by atoms with E-state index in [1.807, 2.05) is 6.07 Å². The first-order valence-electron chi connectivity index (χ1n) is 11.4. The molecule has 0 aromatic carbocycles. The van der Waals surface area contributed by atoms with E-state index in [-0.39, 0.29) is 19.1 Å². The van der Waals surface area contributed by atoms with Crippen molar-refractivity contribution in [2.45, 2.75) is 64.9 Å². The van der Waals surface area contributed by atoms with Gasteiger partial charge < -0.3 is 24.6 Å². The zero-order chi connectivity index (χ0) is 22.6. The van der Waals surface area contributed by atoms with Crippen LogP contribution in [0.3, 0.4) is 0 Å². The van der Waals surface area contributed by atoms with E-state index in [4.69, 9.17) is 9.47 Å². The highest BCUT2D eigenvalue weighted by Crippen LogP contribution is 2.13. The summed E-state index contributed by atoms with van der Waals surface area (Å²) in [4.78, 5) is 16.3. The molecule has 2 rings (SSSR count). The Morgan fingerprint density at radius 1 is 1.32 bits per heavy atom. The molecule has 1 fully saturated rings. The third-order valence-corrected chi connectivity index (χ3v) is 5.59. The number of rotatable bonds is 6. The Hall–Kier alpha value is -1.52. The van der Waals surface area contributed by atoms with Crippen LogP contribution in [0.1, 0.15) is 45.7 Å². The minimum Gasteiger partial charge on any atom is -0.388 e. The van der Waals surface area contributed by atoms with Gasteiger partial charge in [-0.1, -0.05) is 13.8 Å². The maximum atomic E-state index is 12.3. The van der Waals surface area contributed by atoms with Crippen LogP contribution in [0, 0.1) is 5.92 Å². The lowest BCUT2D eigenvalue weighted by atomic mass is 10.1. The third-order valence-electron chi connectivity index (χ3n) is 5.59. The molecule has 0 bridgehead atoms. The lowest BCUT2D eigenvalue weighted by molar-refractivity contribution is -0.140. The van der Waals surface area contributed by atoms with Crippen molar-refractivity contribution in [2.75, 3.05) is 46.0 Å². The van der Waals surface area contributed by atoms with Gasteiger partial charge in [0.2, 0.25) is 5.91 Å². The molecule has 3 N–H and O–H groups in total. The van der Waals surface area contributed by atoms with Crippen molar-refractivity contribution in [2.24, 2.45) is 5.92 Å². The molecular formula is C22H40N4O5. The number of carbonyl (C=O) groups is 1. The Kier molecular flexibility index (Phi) is 11.5. The fourth-order valence-electron chi connectivity index (χ4n) is 3.54. The van der Waals surface area contributed by atoms with Crippen molar-refractivity contribution in [3.05, 3.63) is 18.0 Å². The first-order valence-corrected chi connectivity index (χ1v) is 11.4. The third kappa shape index (κ3) is 9.65. The molecule has 1 aromatic heterocycles. The molecule has 0 unspecified atom stereocenters. The van der Waals surface area contributed by atoms with Crippen molar-refractivity contribution < 1.29 is 24.5 Å². The molecule has 0 aliphatic carbocycles. The van der Waals surface area contributed by atoms with Crippen molar-refractivity contribution in [3.63, 3.8) is 0 Å². The number of nitrogens with one attached hydrogen (secondary N) is 1. The SMILES string of the molecule is CC(=O)N1CCN(Cc2ccn[nH]2)CCCCOC[C@@H](O)[C@@H](O)[C@H](OCCC(C)C)C1. The first-order chi connectivity index (χ1) is 14.9. The van der Waals surface area contributed by atoms with Crippen LogP contribution in [0.5, 0.6) is 0 Å². The zero-order valence-electron chi connectivity index (χ0n) is 19.2. The van der Waals surface area contributed by atoms with Gasteiger partial charge in [-0.3, -0.25) is 14.8 Å². The minimum atomic E-state index is -1.13. The second-order valence-corrected chi connectivity index (χ2v) is 8.75. The predicted molar refractivity (Wildman–Crippen MR) is 117 cm³/mol. The lowest BCUT2D eigenvalue weighted by Crippen LogP contribution is -2.50. The van der Waals surface area contributed by atoms with Crippen LogP contribution in [0.25, 0.3) is 0 Å². The van der Waals surface area contributed by atoms with Gasteiger partial charge in [0.05, 0.1) is 6.61 Å². The molecule has 0 spiro atoms. The molecule has 1 aromatic rings. The molecule has 1 aliphatic rings. The Labute approximate surface area is 185 Å². The van der Waals surface area contributed by atoms with Crippen molar-refractivity contribution in [1.29, 1.82) is 0 Å². The Bertz CT molecular complexity index is 613. The quantitative estimate of drug-likeness (QED) is 0.606. The van der Waals surface area contributed by atoms with E-state index in [9.17, 15) is 15.0 Å². The Balaban J connectivity index is 2.09. The van der Waals surface area contributed by atoms with Crippen LogP contribution < -0.4 is 0 Å². The first kappa shape index (κ1) is 25.7. The van der Waals surface area contributed by atoms with E-state index in [1.165, 1.54) is 6.92 Å². The summed E-state index contributed by atoms with van der Waals surface area (Å²) in [6, 6.07) is 1.95. The van der Waals surface area contributed by atoms with E-state index < -0.39 is 18.3 Å². The number of hydrogen-bond donors (Lipinski definition) is 3. The van der Waals surface area contributed by atoms with Gasteiger partial charge in [-0.15, -0.1) is 0 Å². The van der Waals surface area contributed by atoms with Gasteiger partial charge in [-0.05, 0) is 37.8 Å². The fraction of sp³-hybridized carbons (Fsp3) is 0.818. The number of hydrogen-bond acceptors (Lipinski definition) is 7. The Morgan fingerprint density at radius 2 is 2.13 bits per heavy atom. The minimum absolute atomic E-state index is 0.0448.